The first-order chi connectivity index (χ1) is 16.2. The van der Waals surface area contributed by atoms with Crippen LogP contribution in [0.4, 0.5) is 5.82 Å². The second-order valence-electron chi connectivity index (χ2n) is 8.88. The van der Waals surface area contributed by atoms with Crippen LogP contribution in [0.3, 0.4) is 0 Å². The average molecular weight is 446 g/mol. The highest BCUT2D eigenvalue weighted by Gasteiger charge is 2.26. The zero-order valence-corrected chi connectivity index (χ0v) is 19.4. The molecule has 0 unspecified atom stereocenters. The number of nitrogens with zero attached hydrogens (tertiary/aromatic N) is 4. The zero-order chi connectivity index (χ0) is 22.6. The van der Waals surface area contributed by atoms with E-state index in [1.807, 2.05) is 24.3 Å². The first-order valence-electron chi connectivity index (χ1n) is 11.8. The summed E-state index contributed by atoms with van der Waals surface area (Å²) in [6, 6.07) is 14.3. The van der Waals surface area contributed by atoms with Gasteiger partial charge in [-0.15, -0.1) is 0 Å². The second-order valence-corrected chi connectivity index (χ2v) is 8.88. The first kappa shape index (κ1) is 21.8. The van der Waals surface area contributed by atoms with Crippen molar-refractivity contribution in [2.75, 3.05) is 38.7 Å². The van der Waals surface area contributed by atoms with Crippen molar-refractivity contribution in [3.05, 3.63) is 59.7 Å². The minimum absolute atomic E-state index is 0.292. The molecule has 1 aliphatic heterocycles. The standard InChI is InChI=1S/C26H31N5O2/c1-18-10-11-21-20(15-18)25(27-12-6-14-32-2)30-24(28-21)17-31-13-5-7-19(16-31)26-29-22-8-3-4-9-23(22)33-26/h3-4,8-11,15,19H,5-7,12-14,16-17H2,1-2H3,(H,27,28,30)/t19-/m1/s1. The minimum Gasteiger partial charge on any atom is -0.440 e. The summed E-state index contributed by atoms with van der Waals surface area (Å²) in [4.78, 5) is 17.0. The first-order valence-corrected chi connectivity index (χ1v) is 11.8. The Bertz CT molecular complexity index is 1210. The number of ether oxygens (including phenoxy) is 1. The molecule has 0 radical (unpaired) electrons. The number of fused-ring (bicyclic) bond motifs is 2. The van der Waals surface area contributed by atoms with Crippen molar-refractivity contribution in [1.82, 2.24) is 19.9 Å². The van der Waals surface area contributed by atoms with Crippen LogP contribution >= 0.6 is 0 Å². The van der Waals surface area contributed by atoms with Crippen LogP contribution in [0.1, 0.15) is 42.5 Å². The molecule has 2 aromatic carbocycles. The van der Waals surface area contributed by atoms with Gasteiger partial charge in [0.1, 0.15) is 17.2 Å². The Morgan fingerprint density at radius 2 is 2.03 bits per heavy atom. The van der Waals surface area contributed by atoms with Crippen molar-refractivity contribution in [1.29, 1.82) is 0 Å². The predicted molar refractivity (Wildman–Crippen MR) is 131 cm³/mol. The van der Waals surface area contributed by atoms with E-state index >= 15 is 0 Å². The Labute approximate surface area is 194 Å². The van der Waals surface area contributed by atoms with Crippen LogP contribution in [0.2, 0.25) is 0 Å². The quantitative estimate of drug-likeness (QED) is 0.386. The summed E-state index contributed by atoms with van der Waals surface area (Å²) in [7, 11) is 1.73. The number of nitrogens with one attached hydrogen (secondary N) is 1. The molecule has 0 aliphatic carbocycles. The highest BCUT2D eigenvalue weighted by molar-refractivity contribution is 5.89. The number of piperidine rings is 1. The normalized spacial score (nSPS) is 17.1. The van der Waals surface area contributed by atoms with Gasteiger partial charge in [-0.1, -0.05) is 23.8 Å². The van der Waals surface area contributed by atoms with Crippen LogP contribution in [-0.4, -0.2) is 53.2 Å². The Morgan fingerprint density at radius 3 is 2.91 bits per heavy atom. The molecule has 1 aliphatic rings. The molecule has 4 aromatic rings. The molecule has 3 heterocycles. The largest absolute Gasteiger partial charge is 0.440 e. The molecule has 172 valence electrons. The maximum absolute atomic E-state index is 6.07. The molecular weight excluding hydrogens is 414 g/mol. The molecule has 0 saturated carbocycles. The van der Waals surface area contributed by atoms with Gasteiger partial charge in [0.25, 0.3) is 0 Å². The molecule has 1 saturated heterocycles. The monoisotopic (exact) mass is 445 g/mol. The Morgan fingerprint density at radius 1 is 1.12 bits per heavy atom. The third-order valence-electron chi connectivity index (χ3n) is 6.25. The van der Waals surface area contributed by atoms with Crippen LogP contribution in [0.5, 0.6) is 0 Å². The van der Waals surface area contributed by atoms with E-state index in [9.17, 15) is 0 Å². The van der Waals surface area contributed by atoms with E-state index < -0.39 is 0 Å². The molecule has 1 N–H and O–H groups in total. The average Bonchev–Trinajstić information content (AvgIpc) is 3.27. The fourth-order valence-corrected chi connectivity index (χ4v) is 4.58. The summed E-state index contributed by atoms with van der Waals surface area (Å²) in [5, 5.41) is 4.57. The van der Waals surface area contributed by atoms with Gasteiger partial charge in [0.2, 0.25) is 0 Å². The number of rotatable bonds is 8. The summed E-state index contributed by atoms with van der Waals surface area (Å²) in [5.41, 5.74) is 3.98. The van der Waals surface area contributed by atoms with Gasteiger partial charge in [0.15, 0.2) is 11.5 Å². The fourth-order valence-electron chi connectivity index (χ4n) is 4.58. The number of benzene rings is 2. The van der Waals surface area contributed by atoms with Gasteiger partial charge in [-0.05, 0) is 57.0 Å². The van der Waals surface area contributed by atoms with Gasteiger partial charge in [-0.3, -0.25) is 4.90 Å². The molecule has 1 atom stereocenters. The summed E-state index contributed by atoms with van der Waals surface area (Å²) in [6.45, 7) is 6.29. The minimum atomic E-state index is 0.292. The number of likely N-dealkylation sites (tertiary alicyclic amines) is 1. The zero-order valence-electron chi connectivity index (χ0n) is 19.4. The molecule has 0 spiro atoms. The van der Waals surface area contributed by atoms with E-state index in [4.69, 9.17) is 24.1 Å². The van der Waals surface area contributed by atoms with Gasteiger partial charge in [0.05, 0.1) is 12.1 Å². The smallest absolute Gasteiger partial charge is 0.199 e. The fraction of sp³-hybridized carbons (Fsp3) is 0.423. The Balaban J connectivity index is 1.34. The van der Waals surface area contributed by atoms with Crippen LogP contribution < -0.4 is 5.32 Å². The molecular formula is C26H31N5O2. The molecule has 33 heavy (non-hydrogen) atoms. The van der Waals surface area contributed by atoms with Gasteiger partial charge in [-0.2, -0.15) is 0 Å². The number of oxazole rings is 1. The lowest BCUT2D eigenvalue weighted by atomic mass is 9.98. The molecule has 1 fully saturated rings. The van der Waals surface area contributed by atoms with Crippen LogP contribution in [-0.2, 0) is 11.3 Å². The number of aryl methyl sites for hydroxylation is 1. The van der Waals surface area contributed by atoms with Crippen molar-refractivity contribution in [3.63, 3.8) is 0 Å². The summed E-state index contributed by atoms with van der Waals surface area (Å²) in [6.07, 6.45) is 3.13. The maximum atomic E-state index is 6.07. The van der Waals surface area contributed by atoms with Crippen molar-refractivity contribution in [2.24, 2.45) is 0 Å². The highest BCUT2D eigenvalue weighted by Crippen LogP contribution is 2.30. The third kappa shape index (κ3) is 4.99. The molecule has 5 rings (SSSR count). The molecule has 0 bridgehead atoms. The predicted octanol–water partition coefficient (Wildman–Crippen LogP) is 4.91. The lowest BCUT2D eigenvalue weighted by Crippen LogP contribution is -2.34. The molecule has 7 heteroatoms. The van der Waals surface area contributed by atoms with Crippen molar-refractivity contribution in [3.8, 4) is 0 Å². The van der Waals surface area contributed by atoms with E-state index in [-0.39, 0.29) is 0 Å². The van der Waals surface area contributed by atoms with Gasteiger partial charge >= 0.3 is 0 Å². The van der Waals surface area contributed by atoms with Crippen molar-refractivity contribution < 1.29 is 9.15 Å². The van der Waals surface area contributed by atoms with Crippen LogP contribution in [0.25, 0.3) is 22.0 Å². The lowest BCUT2D eigenvalue weighted by Gasteiger charge is -2.30. The maximum Gasteiger partial charge on any atom is 0.199 e. The number of hydrogen-bond acceptors (Lipinski definition) is 7. The van der Waals surface area contributed by atoms with Crippen LogP contribution in [0, 0.1) is 6.92 Å². The SMILES string of the molecule is COCCCNc1nc(CN2CCC[C@@H](c3nc4ccccc4o3)C2)nc2ccc(C)cc12. The van der Waals surface area contributed by atoms with E-state index in [1.165, 1.54) is 5.56 Å². The summed E-state index contributed by atoms with van der Waals surface area (Å²) >= 11 is 0. The van der Waals surface area contributed by atoms with Gasteiger partial charge in [0, 0.05) is 38.1 Å². The number of para-hydroxylation sites is 2. The van der Waals surface area contributed by atoms with E-state index in [2.05, 4.69) is 35.3 Å². The van der Waals surface area contributed by atoms with Crippen molar-refractivity contribution in [2.45, 2.75) is 38.6 Å². The van der Waals surface area contributed by atoms with Gasteiger partial charge < -0.3 is 14.5 Å². The van der Waals surface area contributed by atoms with E-state index in [0.717, 1.165) is 85.0 Å². The second kappa shape index (κ2) is 9.85. The van der Waals surface area contributed by atoms with Crippen LogP contribution in [0.15, 0.2) is 46.9 Å². The Hall–Kier alpha value is -3.03. The Kier molecular flexibility index (Phi) is 6.51. The number of hydrogen-bond donors (Lipinski definition) is 1. The van der Waals surface area contributed by atoms with E-state index in [0.29, 0.717) is 12.5 Å². The van der Waals surface area contributed by atoms with Crippen molar-refractivity contribution >= 4 is 27.8 Å². The van der Waals surface area contributed by atoms with Gasteiger partial charge in [-0.25, -0.2) is 15.0 Å². The molecule has 0 amide bonds. The summed E-state index contributed by atoms with van der Waals surface area (Å²) < 4.78 is 11.3. The van der Waals surface area contributed by atoms with E-state index in [1.54, 1.807) is 7.11 Å². The lowest BCUT2D eigenvalue weighted by molar-refractivity contribution is 0.183. The number of methoxy groups -OCH3 is 1. The number of aromatic nitrogens is 3. The topological polar surface area (TPSA) is 76.3 Å². The highest BCUT2D eigenvalue weighted by atomic mass is 16.5. The molecule has 2 aromatic heterocycles. The number of anilines is 1. The summed E-state index contributed by atoms with van der Waals surface area (Å²) in [5.74, 6) is 2.89. The molecule has 7 nitrogen and oxygen atoms in total. The third-order valence-corrected chi connectivity index (χ3v) is 6.25.